The maximum absolute atomic E-state index is 12.8. The molecule has 0 radical (unpaired) electrons. The second-order valence-corrected chi connectivity index (χ2v) is 5.81. The molecule has 0 saturated carbocycles. The van der Waals surface area contributed by atoms with Crippen LogP contribution in [0.2, 0.25) is 0 Å². The predicted octanol–water partition coefficient (Wildman–Crippen LogP) is 4.38. The van der Waals surface area contributed by atoms with Gasteiger partial charge < -0.3 is 20.7 Å². The fraction of sp³-hybridized carbons (Fsp3) is 0.0476. The lowest BCUT2D eigenvalue weighted by atomic mass is 10.3. The molecule has 142 valence electrons. The molecule has 28 heavy (non-hydrogen) atoms. The fourth-order valence-electron chi connectivity index (χ4n) is 2.34. The molecule has 3 N–H and O–H groups in total. The average molecular weight is 379 g/mol. The Bertz CT molecular complexity index is 947. The van der Waals surface area contributed by atoms with Gasteiger partial charge in [-0.1, -0.05) is 24.3 Å². The molecule has 0 bridgehead atoms. The van der Waals surface area contributed by atoms with Crippen LogP contribution in [-0.2, 0) is 4.79 Å². The first-order chi connectivity index (χ1) is 13.6. The third-order valence-electron chi connectivity index (χ3n) is 3.61. The molecular formula is C21H18FN3O3. The van der Waals surface area contributed by atoms with Gasteiger partial charge >= 0.3 is 6.03 Å². The first kappa shape index (κ1) is 18.9. The maximum atomic E-state index is 12.8. The Kier molecular flexibility index (Phi) is 6.20. The lowest BCUT2D eigenvalue weighted by Gasteiger charge is -2.10. The molecule has 0 aliphatic heterocycles. The van der Waals surface area contributed by atoms with Crippen molar-refractivity contribution in [2.45, 2.75) is 0 Å². The SMILES string of the molecule is O=C(CNC(=O)Nc1cccc(Oc2ccccc2)c1)Nc1ccc(F)cc1. The molecule has 0 saturated heterocycles. The summed E-state index contributed by atoms with van der Waals surface area (Å²) in [6.45, 7) is -0.233. The minimum atomic E-state index is -0.536. The van der Waals surface area contributed by atoms with Crippen LogP contribution in [0, 0.1) is 5.82 Å². The zero-order chi connectivity index (χ0) is 19.8. The summed E-state index contributed by atoms with van der Waals surface area (Å²) in [7, 11) is 0. The Hall–Kier alpha value is -3.87. The number of benzene rings is 3. The minimum Gasteiger partial charge on any atom is -0.457 e. The van der Waals surface area contributed by atoms with E-state index in [1.54, 1.807) is 24.3 Å². The summed E-state index contributed by atoms with van der Waals surface area (Å²) in [6.07, 6.45) is 0. The van der Waals surface area contributed by atoms with E-state index in [2.05, 4.69) is 16.0 Å². The fourth-order valence-corrected chi connectivity index (χ4v) is 2.34. The molecule has 3 aromatic rings. The van der Waals surface area contributed by atoms with Gasteiger partial charge in [-0.25, -0.2) is 9.18 Å². The largest absolute Gasteiger partial charge is 0.457 e. The van der Waals surface area contributed by atoms with Crippen molar-refractivity contribution >= 4 is 23.3 Å². The van der Waals surface area contributed by atoms with E-state index >= 15 is 0 Å². The lowest BCUT2D eigenvalue weighted by molar-refractivity contribution is -0.115. The molecular weight excluding hydrogens is 361 g/mol. The van der Waals surface area contributed by atoms with E-state index in [1.807, 2.05) is 30.3 Å². The normalized spacial score (nSPS) is 10.0. The Labute approximate surface area is 161 Å². The zero-order valence-electron chi connectivity index (χ0n) is 14.8. The van der Waals surface area contributed by atoms with Gasteiger partial charge in [-0.3, -0.25) is 4.79 Å². The molecule has 6 nitrogen and oxygen atoms in total. The van der Waals surface area contributed by atoms with Crippen molar-refractivity contribution in [2.75, 3.05) is 17.2 Å². The second kappa shape index (κ2) is 9.18. The summed E-state index contributed by atoms with van der Waals surface area (Å²) < 4.78 is 18.6. The van der Waals surface area contributed by atoms with E-state index in [4.69, 9.17) is 4.74 Å². The van der Waals surface area contributed by atoms with E-state index in [-0.39, 0.29) is 6.54 Å². The summed E-state index contributed by atoms with van der Waals surface area (Å²) in [5, 5.41) is 7.65. The summed E-state index contributed by atoms with van der Waals surface area (Å²) in [4.78, 5) is 23.8. The summed E-state index contributed by atoms with van der Waals surface area (Å²) >= 11 is 0. The molecule has 0 unspecified atom stereocenters. The van der Waals surface area contributed by atoms with Crippen LogP contribution < -0.4 is 20.7 Å². The smallest absolute Gasteiger partial charge is 0.319 e. The molecule has 0 atom stereocenters. The van der Waals surface area contributed by atoms with Gasteiger partial charge in [-0.2, -0.15) is 0 Å². The van der Waals surface area contributed by atoms with Crippen LogP contribution in [0.3, 0.4) is 0 Å². The number of carbonyl (C=O) groups is 2. The number of rotatable bonds is 6. The molecule has 3 aromatic carbocycles. The van der Waals surface area contributed by atoms with E-state index < -0.39 is 17.8 Å². The number of anilines is 2. The third-order valence-corrected chi connectivity index (χ3v) is 3.61. The van der Waals surface area contributed by atoms with E-state index in [0.717, 1.165) is 0 Å². The number of ether oxygens (including phenoxy) is 1. The molecule has 7 heteroatoms. The van der Waals surface area contributed by atoms with Gasteiger partial charge in [0, 0.05) is 17.4 Å². The van der Waals surface area contributed by atoms with Crippen LogP contribution in [0.1, 0.15) is 0 Å². The van der Waals surface area contributed by atoms with Crippen molar-refractivity contribution in [3.8, 4) is 11.5 Å². The van der Waals surface area contributed by atoms with Gasteiger partial charge in [-0.15, -0.1) is 0 Å². The van der Waals surface area contributed by atoms with Crippen molar-refractivity contribution in [1.29, 1.82) is 0 Å². The van der Waals surface area contributed by atoms with Gasteiger partial charge in [0.25, 0.3) is 0 Å². The molecule has 0 fully saturated rings. The number of urea groups is 1. The van der Waals surface area contributed by atoms with Crippen molar-refractivity contribution in [3.63, 3.8) is 0 Å². The summed E-state index contributed by atoms with van der Waals surface area (Å²) in [5.74, 6) is 0.427. The summed E-state index contributed by atoms with van der Waals surface area (Å²) in [5.41, 5.74) is 0.962. The van der Waals surface area contributed by atoms with Crippen LogP contribution in [0.15, 0.2) is 78.9 Å². The Morgan fingerprint density at radius 1 is 0.786 bits per heavy atom. The van der Waals surface area contributed by atoms with Gasteiger partial charge in [0.05, 0.1) is 6.54 Å². The Morgan fingerprint density at radius 3 is 2.25 bits per heavy atom. The number of halogens is 1. The van der Waals surface area contributed by atoms with E-state index in [9.17, 15) is 14.0 Å². The van der Waals surface area contributed by atoms with Gasteiger partial charge in [0.2, 0.25) is 5.91 Å². The van der Waals surface area contributed by atoms with Crippen LogP contribution in [-0.4, -0.2) is 18.5 Å². The first-order valence-corrected chi connectivity index (χ1v) is 8.52. The summed E-state index contributed by atoms with van der Waals surface area (Å²) in [6, 6.07) is 21.0. The van der Waals surface area contributed by atoms with E-state index in [1.165, 1.54) is 24.3 Å². The molecule has 0 aliphatic rings. The quantitative estimate of drug-likeness (QED) is 0.595. The second-order valence-electron chi connectivity index (χ2n) is 5.81. The molecule has 0 aromatic heterocycles. The minimum absolute atomic E-state index is 0.233. The highest BCUT2D eigenvalue weighted by Gasteiger charge is 2.07. The Morgan fingerprint density at radius 2 is 1.50 bits per heavy atom. The standard InChI is InChI=1S/C21H18FN3O3/c22-15-9-11-16(12-10-15)24-20(26)14-23-21(27)25-17-5-4-8-19(13-17)28-18-6-2-1-3-7-18/h1-13H,14H2,(H,24,26)(H2,23,25,27). The van der Waals surface area contributed by atoms with E-state index in [0.29, 0.717) is 22.9 Å². The van der Waals surface area contributed by atoms with Crippen molar-refractivity contribution in [1.82, 2.24) is 5.32 Å². The van der Waals surface area contributed by atoms with Crippen LogP contribution >= 0.6 is 0 Å². The van der Waals surface area contributed by atoms with Gasteiger partial charge in [0.1, 0.15) is 17.3 Å². The molecule has 3 amide bonds. The monoisotopic (exact) mass is 379 g/mol. The first-order valence-electron chi connectivity index (χ1n) is 8.52. The Balaban J connectivity index is 1.48. The predicted molar refractivity (Wildman–Crippen MR) is 105 cm³/mol. The van der Waals surface area contributed by atoms with Crippen LogP contribution in [0.5, 0.6) is 11.5 Å². The number of hydrogen-bond acceptors (Lipinski definition) is 3. The third kappa shape index (κ3) is 5.84. The van der Waals surface area contributed by atoms with Gasteiger partial charge in [0.15, 0.2) is 0 Å². The highest BCUT2D eigenvalue weighted by atomic mass is 19.1. The van der Waals surface area contributed by atoms with Crippen molar-refractivity contribution < 1.29 is 18.7 Å². The van der Waals surface area contributed by atoms with Crippen molar-refractivity contribution in [3.05, 3.63) is 84.7 Å². The lowest BCUT2D eigenvalue weighted by Crippen LogP contribution is -2.35. The number of carbonyl (C=O) groups excluding carboxylic acids is 2. The van der Waals surface area contributed by atoms with Crippen molar-refractivity contribution in [2.24, 2.45) is 0 Å². The topological polar surface area (TPSA) is 79.5 Å². The number of nitrogens with one attached hydrogen (secondary N) is 3. The number of para-hydroxylation sites is 1. The van der Waals surface area contributed by atoms with Gasteiger partial charge in [-0.05, 0) is 48.5 Å². The number of amides is 3. The molecule has 0 aliphatic carbocycles. The molecule has 0 heterocycles. The molecule has 3 rings (SSSR count). The maximum Gasteiger partial charge on any atom is 0.319 e. The zero-order valence-corrected chi connectivity index (χ0v) is 14.8. The highest BCUT2D eigenvalue weighted by Crippen LogP contribution is 2.23. The average Bonchev–Trinajstić information content (AvgIpc) is 2.69. The van der Waals surface area contributed by atoms with Crippen LogP contribution in [0.25, 0.3) is 0 Å². The number of hydrogen-bond donors (Lipinski definition) is 3. The van der Waals surface area contributed by atoms with Crippen LogP contribution in [0.4, 0.5) is 20.6 Å². The molecule has 0 spiro atoms. The highest BCUT2D eigenvalue weighted by molar-refractivity contribution is 5.96.